The van der Waals surface area contributed by atoms with E-state index in [9.17, 15) is 4.79 Å². The van der Waals surface area contributed by atoms with E-state index < -0.39 is 0 Å². The quantitative estimate of drug-likeness (QED) is 0.524. The number of fused-ring (bicyclic) bond motifs is 1. The average molecular weight is 400 g/mol. The topological polar surface area (TPSA) is 86.0 Å². The van der Waals surface area contributed by atoms with Crippen LogP contribution in [0.3, 0.4) is 0 Å². The van der Waals surface area contributed by atoms with E-state index in [0.717, 1.165) is 24.2 Å². The van der Waals surface area contributed by atoms with Crippen LogP contribution in [0.5, 0.6) is 6.01 Å². The van der Waals surface area contributed by atoms with Gasteiger partial charge in [0.1, 0.15) is 17.9 Å². The third-order valence-electron chi connectivity index (χ3n) is 5.21. The van der Waals surface area contributed by atoms with Gasteiger partial charge in [-0.1, -0.05) is 18.2 Å². The van der Waals surface area contributed by atoms with Gasteiger partial charge in [-0.2, -0.15) is 0 Å². The summed E-state index contributed by atoms with van der Waals surface area (Å²) in [5.74, 6) is -0.0342. The Kier molecular flexibility index (Phi) is 4.80. The Morgan fingerprint density at radius 2 is 1.73 bits per heavy atom. The van der Waals surface area contributed by atoms with Crippen molar-refractivity contribution < 1.29 is 9.53 Å². The molecule has 0 radical (unpaired) electrons. The number of aromatic nitrogens is 5. The minimum atomic E-state index is -0.0342. The second kappa shape index (κ2) is 7.90. The fourth-order valence-corrected chi connectivity index (χ4v) is 3.65. The molecule has 150 valence electrons. The van der Waals surface area contributed by atoms with E-state index >= 15 is 0 Å². The van der Waals surface area contributed by atoms with Gasteiger partial charge < -0.3 is 9.64 Å². The summed E-state index contributed by atoms with van der Waals surface area (Å²) in [6.45, 7) is 1.24. The van der Waals surface area contributed by atoms with Crippen molar-refractivity contribution in [3.8, 4) is 11.7 Å². The summed E-state index contributed by atoms with van der Waals surface area (Å²) in [6.07, 6.45) is 8.16. The number of likely N-dealkylation sites (tertiary alicyclic amines) is 1. The van der Waals surface area contributed by atoms with Crippen molar-refractivity contribution >= 4 is 17.1 Å². The molecule has 1 fully saturated rings. The standard InChI is InChI=1S/C22H20N6O2/c29-21(27-11-7-18(8-12-27)30-22-23-9-4-10-24-22)16-13-19-20(25-14-16)28(15-26-19)17-5-2-1-3-6-17/h1-6,9-10,13-15,18H,7-8,11-12H2. The number of amides is 1. The molecule has 8 nitrogen and oxygen atoms in total. The lowest BCUT2D eigenvalue weighted by molar-refractivity contribution is 0.0578. The molecule has 0 aliphatic carbocycles. The lowest BCUT2D eigenvalue weighted by atomic mass is 10.1. The average Bonchev–Trinajstić information content (AvgIpc) is 3.24. The third-order valence-corrected chi connectivity index (χ3v) is 5.21. The second-order valence-corrected chi connectivity index (χ2v) is 7.16. The first-order chi connectivity index (χ1) is 14.8. The zero-order valence-corrected chi connectivity index (χ0v) is 16.3. The SMILES string of the molecule is O=C(c1cnc2c(c1)ncn2-c1ccccc1)N1CCC(Oc2ncccn2)CC1. The Bertz CT molecular complexity index is 1150. The molecule has 1 aliphatic heterocycles. The normalized spacial score (nSPS) is 14.7. The maximum atomic E-state index is 13.0. The van der Waals surface area contributed by atoms with Crippen LogP contribution in [-0.2, 0) is 0 Å². The number of nitrogens with zero attached hydrogens (tertiary/aromatic N) is 6. The minimum absolute atomic E-state index is 0.0126. The van der Waals surface area contributed by atoms with Gasteiger partial charge in [-0.15, -0.1) is 0 Å². The number of carbonyl (C=O) groups is 1. The summed E-state index contributed by atoms with van der Waals surface area (Å²) in [5, 5.41) is 0. The lowest BCUT2D eigenvalue weighted by Crippen LogP contribution is -2.42. The molecule has 1 saturated heterocycles. The monoisotopic (exact) mass is 400 g/mol. The van der Waals surface area contributed by atoms with Crippen molar-refractivity contribution in [1.82, 2.24) is 29.4 Å². The van der Waals surface area contributed by atoms with Crippen LogP contribution in [-0.4, -0.2) is 54.5 Å². The molecule has 0 unspecified atom stereocenters. The Morgan fingerprint density at radius 3 is 2.50 bits per heavy atom. The molecular formula is C22H20N6O2. The van der Waals surface area contributed by atoms with Crippen molar-refractivity contribution in [2.75, 3.05) is 13.1 Å². The van der Waals surface area contributed by atoms with Crippen LogP contribution < -0.4 is 4.74 Å². The molecule has 5 rings (SSSR count). The van der Waals surface area contributed by atoms with Crippen LogP contribution in [0, 0.1) is 0 Å². The first-order valence-corrected chi connectivity index (χ1v) is 9.89. The number of benzene rings is 1. The highest BCUT2D eigenvalue weighted by Gasteiger charge is 2.26. The highest BCUT2D eigenvalue weighted by Crippen LogP contribution is 2.20. The summed E-state index contributed by atoms with van der Waals surface area (Å²) in [7, 11) is 0. The number of hydrogen-bond donors (Lipinski definition) is 0. The molecule has 0 atom stereocenters. The molecule has 4 aromatic rings. The molecule has 0 saturated carbocycles. The molecule has 8 heteroatoms. The van der Waals surface area contributed by atoms with Crippen LogP contribution in [0.2, 0.25) is 0 Å². The number of rotatable bonds is 4. The largest absolute Gasteiger partial charge is 0.460 e. The summed E-state index contributed by atoms with van der Waals surface area (Å²) < 4.78 is 7.72. The second-order valence-electron chi connectivity index (χ2n) is 7.16. The summed E-state index contributed by atoms with van der Waals surface area (Å²) in [6, 6.07) is 13.8. The van der Waals surface area contributed by atoms with Gasteiger partial charge >= 0.3 is 6.01 Å². The highest BCUT2D eigenvalue weighted by atomic mass is 16.5. The van der Waals surface area contributed by atoms with Crippen LogP contribution in [0.1, 0.15) is 23.2 Å². The molecule has 0 N–H and O–H groups in total. The molecule has 1 aliphatic rings. The Morgan fingerprint density at radius 1 is 0.967 bits per heavy atom. The zero-order valence-electron chi connectivity index (χ0n) is 16.3. The van der Waals surface area contributed by atoms with Gasteiger partial charge in [0.2, 0.25) is 0 Å². The van der Waals surface area contributed by atoms with Gasteiger partial charge in [0, 0.05) is 50.2 Å². The highest BCUT2D eigenvalue weighted by molar-refractivity contribution is 5.96. The van der Waals surface area contributed by atoms with E-state index in [1.165, 1.54) is 0 Å². The maximum Gasteiger partial charge on any atom is 0.316 e. The maximum absolute atomic E-state index is 13.0. The van der Waals surface area contributed by atoms with Crippen LogP contribution in [0.4, 0.5) is 0 Å². The molecule has 1 amide bonds. The molecule has 3 aromatic heterocycles. The van der Waals surface area contributed by atoms with Crippen molar-refractivity contribution in [2.45, 2.75) is 18.9 Å². The molecule has 4 heterocycles. The lowest BCUT2D eigenvalue weighted by Gasteiger charge is -2.31. The number of carbonyl (C=O) groups excluding carboxylic acids is 1. The summed E-state index contributed by atoms with van der Waals surface area (Å²) in [4.78, 5) is 32.0. The Balaban J connectivity index is 1.27. The first-order valence-electron chi connectivity index (χ1n) is 9.89. The van der Waals surface area contributed by atoms with Crippen molar-refractivity contribution in [1.29, 1.82) is 0 Å². The van der Waals surface area contributed by atoms with Crippen molar-refractivity contribution in [2.24, 2.45) is 0 Å². The van der Waals surface area contributed by atoms with Gasteiger partial charge in [0.15, 0.2) is 5.65 Å². The van der Waals surface area contributed by atoms with E-state index in [0.29, 0.717) is 30.2 Å². The molecule has 0 spiro atoms. The summed E-state index contributed by atoms with van der Waals surface area (Å²) >= 11 is 0. The Labute approximate surface area is 173 Å². The van der Waals surface area contributed by atoms with Crippen LogP contribution >= 0.6 is 0 Å². The van der Waals surface area contributed by atoms with Crippen LogP contribution in [0.25, 0.3) is 16.9 Å². The van der Waals surface area contributed by atoms with Crippen molar-refractivity contribution in [3.05, 3.63) is 72.9 Å². The first kappa shape index (κ1) is 18.2. The van der Waals surface area contributed by atoms with Crippen molar-refractivity contribution in [3.63, 3.8) is 0 Å². The van der Waals surface area contributed by atoms with Gasteiger partial charge in [-0.25, -0.2) is 19.9 Å². The van der Waals surface area contributed by atoms with Gasteiger partial charge in [-0.05, 0) is 24.3 Å². The number of hydrogen-bond acceptors (Lipinski definition) is 6. The fraction of sp³-hybridized carbons (Fsp3) is 0.227. The molecule has 0 bridgehead atoms. The minimum Gasteiger partial charge on any atom is -0.460 e. The van der Waals surface area contributed by atoms with Gasteiger partial charge in [-0.3, -0.25) is 9.36 Å². The summed E-state index contributed by atoms with van der Waals surface area (Å²) in [5.41, 5.74) is 2.96. The number of piperidine rings is 1. The number of ether oxygens (including phenoxy) is 1. The number of para-hydroxylation sites is 1. The predicted octanol–water partition coefficient (Wildman–Crippen LogP) is 2.89. The molecule has 1 aromatic carbocycles. The van der Waals surface area contributed by atoms with E-state index in [4.69, 9.17) is 4.74 Å². The Hall–Kier alpha value is -3.81. The smallest absolute Gasteiger partial charge is 0.316 e. The third kappa shape index (κ3) is 3.59. The molecular weight excluding hydrogens is 380 g/mol. The van der Waals surface area contributed by atoms with Gasteiger partial charge in [0.05, 0.1) is 5.56 Å². The van der Waals surface area contributed by atoms with E-state index in [-0.39, 0.29) is 12.0 Å². The zero-order chi connectivity index (χ0) is 20.3. The fourth-order valence-electron chi connectivity index (χ4n) is 3.65. The predicted molar refractivity (Wildman–Crippen MR) is 110 cm³/mol. The van der Waals surface area contributed by atoms with E-state index in [1.54, 1.807) is 31.0 Å². The molecule has 30 heavy (non-hydrogen) atoms. The van der Waals surface area contributed by atoms with E-state index in [1.807, 2.05) is 45.9 Å². The van der Waals surface area contributed by atoms with Gasteiger partial charge in [0.25, 0.3) is 5.91 Å². The number of pyridine rings is 1. The van der Waals surface area contributed by atoms with Crippen LogP contribution in [0.15, 0.2) is 67.4 Å². The number of imidazole rings is 1. The van der Waals surface area contributed by atoms with E-state index in [2.05, 4.69) is 19.9 Å².